The number of aromatic nitrogens is 2. The number of ether oxygens (including phenoxy) is 2. The number of hydrogen-bond donors (Lipinski definition) is 2. The number of carbonyl (C=O) groups excluding carboxylic acids is 1. The summed E-state index contributed by atoms with van der Waals surface area (Å²) in [5.41, 5.74) is 9.74. The number of benzene rings is 2. The zero-order chi connectivity index (χ0) is 22.2. The van der Waals surface area contributed by atoms with Crippen LogP contribution in [0.2, 0.25) is 0 Å². The van der Waals surface area contributed by atoms with Crippen molar-refractivity contribution in [2.24, 2.45) is 5.10 Å². The van der Waals surface area contributed by atoms with E-state index in [2.05, 4.69) is 52.6 Å². The van der Waals surface area contributed by atoms with E-state index in [1.807, 2.05) is 30.3 Å². The van der Waals surface area contributed by atoms with Gasteiger partial charge in [0.1, 0.15) is 6.61 Å². The standard InChI is InChI=1S/C19H17Br2N5O3S2/c1-28-15-7-12(8-23-24-16(27)10-30-19-26-25-18(22)31-19)6-14(21)17(15)29-9-11-2-4-13(20)5-3-11/h2-8H,9-10H2,1H3,(H2,22,25)(H,24,27). The Morgan fingerprint density at radius 3 is 2.74 bits per heavy atom. The van der Waals surface area contributed by atoms with Gasteiger partial charge in [0.15, 0.2) is 15.8 Å². The largest absolute Gasteiger partial charge is 0.493 e. The highest BCUT2D eigenvalue weighted by Gasteiger charge is 2.12. The Balaban J connectivity index is 1.57. The number of nitrogens with zero attached hydrogens (tertiary/aromatic N) is 3. The van der Waals surface area contributed by atoms with Crippen molar-refractivity contribution in [1.82, 2.24) is 15.6 Å². The maximum Gasteiger partial charge on any atom is 0.250 e. The molecule has 1 amide bonds. The number of halogens is 2. The highest BCUT2D eigenvalue weighted by molar-refractivity contribution is 9.10. The van der Waals surface area contributed by atoms with Crippen molar-refractivity contribution in [3.63, 3.8) is 0 Å². The van der Waals surface area contributed by atoms with Crippen LogP contribution in [0.4, 0.5) is 5.13 Å². The lowest BCUT2D eigenvalue weighted by Gasteiger charge is -2.13. The molecule has 2 aromatic carbocycles. The molecule has 3 N–H and O–H groups in total. The molecule has 0 spiro atoms. The normalized spacial score (nSPS) is 10.9. The molecule has 31 heavy (non-hydrogen) atoms. The number of amides is 1. The summed E-state index contributed by atoms with van der Waals surface area (Å²) in [7, 11) is 1.56. The molecule has 162 valence electrons. The molecule has 0 atom stereocenters. The summed E-state index contributed by atoms with van der Waals surface area (Å²) in [6.45, 7) is 0.393. The Kier molecular flexibility index (Phi) is 8.69. The van der Waals surface area contributed by atoms with E-state index < -0.39 is 0 Å². The molecule has 0 unspecified atom stereocenters. The molecule has 0 saturated carbocycles. The van der Waals surface area contributed by atoms with Crippen LogP contribution in [0.3, 0.4) is 0 Å². The van der Waals surface area contributed by atoms with E-state index in [1.165, 1.54) is 29.3 Å². The first-order valence-electron chi connectivity index (χ1n) is 8.73. The Morgan fingerprint density at radius 2 is 2.06 bits per heavy atom. The SMILES string of the molecule is COc1cc(C=NNC(=O)CSc2nnc(N)s2)cc(Br)c1OCc1ccc(Br)cc1. The number of carbonyl (C=O) groups is 1. The van der Waals surface area contributed by atoms with Crippen LogP contribution in [0.5, 0.6) is 11.5 Å². The minimum atomic E-state index is -0.268. The monoisotopic (exact) mass is 585 g/mol. The second kappa shape index (κ2) is 11.5. The Morgan fingerprint density at radius 1 is 1.29 bits per heavy atom. The first kappa shape index (κ1) is 23.5. The van der Waals surface area contributed by atoms with Crippen molar-refractivity contribution in [3.8, 4) is 11.5 Å². The lowest BCUT2D eigenvalue weighted by Crippen LogP contribution is -2.19. The fraction of sp³-hybridized carbons (Fsp3) is 0.158. The van der Waals surface area contributed by atoms with Gasteiger partial charge in [-0.1, -0.05) is 51.2 Å². The van der Waals surface area contributed by atoms with E-state index >= 15 is 0 Å². The summed E-state index contributed by atoms with van der Waals surface area (Å²) in [6, 6.07) is 11.5. The second-order valence-corrected chi connectivity index (χ2v) is 9.94. The van der Waals surface area contributed by atoms with E-state index in [-0.39, 0.29) is 11.7 Å². The van der Waals surface area contributed by atoms with Crippen molar-refractivity contribution in [2.75, 3.05) is 18.6 Å². The molecular formula is C19H17Br2N5O3S2. The highest BCUT2D eigenvalue weighted by atomic mass is 79.9. The van der Waals surface area contributed by atoms with Crippen molar-refractivity contribution >= 4 is 72.2 Å². The molecule has 0 saturated heterocycles. The molecule has 8 nitrogen and oxygen atoms in total. The quantitative estimate of drug-likeness (QED) is 0.216. The number of anilines is 1. The number of rotatable bonds is 9. The van der Waals surface area contributed by atoms with Crippen LogP contribution in [0.15, 0.2) is 54.8 Å². The van der Waals surface area contributed by atoms with Gasteiger partial charge in [-0.15, -0.1) is 10.2 Å². The molecule has 0 fully saturated rings. The molecule has 12 heteroatoms. The van der Waals surface area contributed by atoms with Gasteiger partial charge in [0.05, 0.1) is 23.5 Å². The lowest BCUT2D eigenvalue weighted by atomic mass is 10.2. The van der Waals surface area contributed by atoms with Crippen LogP contribution >= 0.6 is 55.0 Å². The Bertz CT molecular complexity index is 1080. The zero-order valence-corrected chi connectivity index (χ0v) is 21.0. The van der Waals surface area contributed by atoms with Crippen molar-refractivity contribution < 1.29 is 14.3 Å². The van der Waals surface area contributed by atoms with E-state index in [1.54, 1.807) is 13.2 Å². The van der Waals surface area contributed by atoms with Crippen LogP contribution < -0.4 is 20.6 Å². The van der Waals surface area contributed by atoms with Gasteiger partial charge in [0.25, 0.3) is 5.91 Å². The van der Waals surface area contributed by atoms with Gasteiger partial charge in [-0.25, -0.2) is 5.43 Å². The van der Waals surface area contributed by atoms with E-state index in [0.717, 1.165) is 15.6 Å². The summed E-state index contributed by atoms with van der Waals surface area (Å²) in [4.78, 5) is 11.9. The van der Waals surface area contributed by atoms with Crippen molar-refractivity contribution in [1.29, 1.82) is 0 Å². The maximum absolute atomic E-state index is 11.9. The van der Waals surface area contributed by atoms with Crippen LogP contribution in [-0.2, 0) is 11.4 Å². The molecule has 1 aromatic heterocycles. The Hall–Kier alpha value is -2.15. The number of nitrogens with one attached hydrogen (secondary N) is 1. The third-order valence-electron chi connectivity index (χ3n) is 3.70. The Labute approximate surface area is 203 Å². The smallest absolute Gasteiger partial charge is 0.250 e. The van der Waals surface area contributed by atoms with Gasteiger partial charge < -0.3 is 15.2 Å². The number of nitrogen functional groups attached to an aromatic ring is 1. The number of methoxy groups -OCH3 is 1. The van der Waals surface area contributed by atoms with Gasteiger partial charge in [-0.3, -0.25) is 4.79 Å². The molecule has 3 rings (SSSR count). The third-order valence-corrected chi connectivity index (χ3v) is 6.70. The second-order valence-electron chi connectivity index (χ2n) is 5.94. The van der Waals surface area contributed by atoms with Crippen molar-refractivity contribution in [2.45, 2.75) is 10.9 Å². The molecule has 0 aliphatic heterocycles. The number of hydrazone groups is 1. The number of nitrogens with two attached hydrogens (primary N) is 1. The first-order valence-corrected chi connectivity index (χ1v) is 12.1. The zero-order valence-electron chi connectivity index (χ0n) is 16.2. The van der Waals surface area contributed by atoms with Crippen LogP contribution in [-0.4, -0.2) is 35.2 Å². The maximum atomic E-state index is 11.9. The summed E-state index contributed by atoms with van der Waals surface area (Å²) < 4.78 is 13.7. The topological polar surface area (TPSA) is 112 Å². The molecule has 1 heterocycles. The fourth-order valence-corrected chi connectivity index (χ4v) is 4.57. The van der Waals surface area contributed by atoms with E-state index in [9.17, 15) is 4.79 Å². The number of thioether (sulfide) groups is 1. The molecule has 3 aromatic rings. The van der Waals surface area contributed by atoms with E-state index in [4.69, 9.17) is 15.2 Å². The van der Waals surface area contributed by atoms with Gasteiger partial charge in [0.2, 0.25) is 5.13 Å². The van der Waals surface area contributed by atoms with Crippen LogP contribution in [0, 0.1) is 0 Å². The van der Waals surface area contributed by atoms with Gasteiger partial charge in [0, 0.05) is 4.47 Å². The van der Waals surface area contributed by atoms with Crippen LogP contribution in [0.1, 0.15) is 11.1 Å². The fourth-order valence-electron chi connectivity index (χ4n) is 2.31. The molecule has 0 radical (unpaired) electrons. The van der Waals surface area contributed by atoms with Gasteiger partial charge in [-0.2, -0.15) is 5.10 Å². The average molecular weight is 587 g/mol. The first-order chi connectivity index (χ1) is 14.9. The van der Waals surface area contributed by atoms with Crippen molar-refractivity contribution in [3.05, 3.63) is 56.5 Å². The predicted molar refractivity (Wildman–Crippen MR) is 130 cm³/mol. The van der Waals surface area contributed by atoms with Gasteiger partial charge >= 0.3 is 0 Å². The van der Waals surface area contributed by atoms with E-state index in [0.29, 0.717) is 32.0 Å². The highest BCUT2D eigenvalue weighted by Crippen LogP contribution is 2.37. The lowest BCUT2D eigenvalue weighted by molar-refractivity contribution is -0.118. The van der Waals surface area contributed by atoms with Crippen LogP contribution in [0.25, 0.3) is 0 Å². The predicted octanol–water partition coefficient (Wildman–Crippen LogP) is 4.48. The molecule has 0 aliphatic carbocycles. The minimum absolute atomic E-state index is 0.155. The molecule has 0 aliphatic rings. The molecular weight excluding hydrogens is 570 g/mol. The minimum Gasteiger partial charge on any atom is -0.493 e. The number of hydrogen-bond acceptors (Lipinski definition) is 9. The summed E-state index contributed by atoms with van der Waals surface area (Å²) in [6.07, 6.45) is 1.53. The summed E-state index contributed by atoms with van der Waals surface area (Å²) in [5.74, 6) is 1.01. The summed E-state index contributed by atoms with van der Waals surface area (Å²) in [5, 5.41) is 11.9. The summed E-state index contributed by atoms with van der Waals surface area (Å²) >= 11 is 9.40. The van der Waals surface area contributed by atoms with Gasteiger partial charge in [-0.05, 0) is 51.3 Å². The third kappa shape index (κ3) is 7.20. The average Bonchev–Trinajstić information content (AvgIpc) is 3.17. The molecule has 0 bridgehead atoms.